The lowest BCUT2D eigenvalue weighted by Crippen LogP contribution is -2.13. The fourth-order valence-electron chi connectivity index (χ4n) is 2.55. The maximum absolute atomic E-state index is 12.3. The highest BCUT2D eigenvalue weighted by molar-refractivity contribution is 6.30. The summed E-state index contributed by atoms with van der Waals surface area (Å²) < 4.78 is 5.13. The monoisotopic (exact) mass is 359 g/mol. The molecule has 7 nitrogen and oxygen atoms in total. The van der Waals surface area contributed by atoms with E-state index in [0.717, 1.165) is 6.07 Å². The highest BCUT2D eigenvalue weighted by Gasteiger charge is 2.22. The fraction of sp³-hybridized carbons (Fsp3) is 0.0588. The van der Waals surface area contributed by atoms with Gasteiger partial charge in [-0.2, -0.15) is 0 Å². The maximum Gasteiger partial charge on any atom is 0.355 e. The SMILES string of the molecule is Cc1c(-c2ccc(Cl)cc2)c(=O)oc2nc(C(=O)O)c(C(=O)O)cc12. The molecule has 0 saturated carbocycles. The molecule has 0 fully saturated rings. The summed E-state index contributed by atoms with van der Waals surface area (Å²) in [7, 11) is 0. The molecule has 1 aromatic carbocycles. The zero-order valence-corrected chi connectivity index (χ0v) is 13.5. The lowest BCUT2D eigenvalue weighted by Gasteiger charge is -2.09. The number of halogens is 1. The fourth-order valence-corrected chi connectivity index (χ4v) is 2.67. The van der Waals surface area contributed by atoms with Crippen molar-refractivity contribution in [3.63, 3.8) is 0 Å². The Hall–Kier alpha value is -3.19. The van der Waals surface area contributed by atoms with E-state index in [1.807, 2.05) is 0 Å². The van der Waals surface area contributed by atoms with Gasteiger partial charge >= 0.3 is 17.6 Å². The van der Waals surface area contributed by atoms with Crippen molar-refractivity contribution < 1.29 is 24.2 Å². The van der Waals surface area contributed by atoms with Gasteiger partial charge in [-0.3, -0.25) is 0 Å². The summed E-state index contributed by atoms with van der Waals surface area (Å²) in [6, 6.07) is 7.61. The molecular weight excluding hydrogens is 350 g/mol. The molecule has 0 aliphatic heterocycles. The van der Waals surface area contributed by atoms with Crippen LogP contribution in [-0.4, -0.2) is 27.1 Å². The van der Waals surface area contributed by atoms with Gasteiger partial charge in [-0.15, -0.1) is 0 Å². The van der Waals surface area contributed by atoms with Crippen LogP contribution in [0.15, 0.2) is 39.5 Å². The van der Waals surface area contributed by atoms with E-state index in [9.17, 15) is 19.5 Å². The molecule has 2 aromatic heterocycles. The van der Waals surface area contributed by atoms with Gasteiger partial charge in [0.2, 0.25) is 5.71 Å². The number of hydrogen-bond donors (Lipinski definition) is 2. The third-order valence-corrected chi connectivity index (χ3v) is 3.98. The molecule has 2 N–H and O–H groups in total. The van der Waals surface area contributed by atoms with E-state index in [2.05, 4.69) is 4.98 Å². The molecule has 0 aliphatic rings. The van der Waals surface area contributed by atoms with Crippen LogP contribution < -0.4 is 5.63 Å². The van der Waals surface area contributed by atoms with Crippen molar-refractivity contribution in [1.29, 1.82) is 0 Å². The smallest absolute Gasteiger partial charge is 0.355 e. The Labute approximate surface area is 145 Å². The minimum absolute atomic E-state index is 0.227. The van der Waals surface area contributed by atoms with Gasteiger partial charge < -0.3 is 14.6 Å². The number of aromatic carboxylic acids is 2. The quantitative estimate of drug-likeness (QED) is 0.737. The van der Waals surface area contributed by atoms with Gasteiger partial charge in [0, 0.05) is 10.4 Å². The van der Waals surface area contributed by atoms with Gasteiger partial charge in [0.05, 0.1) is 11.1 Å². The van der Waals surface area contributed by atoms with Crippen molar-refractivity contribution in [1.82, 2.24) is 4.98 Å². The summed E-state index contributed by atoms with van der Waals surface area (Å²) in [5.74, 6) is -2.97. The van der Waals surface area contributed by atoms with Crippen molar-refractivity contribution in [2.45, 2.75) is 6.92 Å². The van der Waals surface area contributed by atoms with Crippen LogP contribution in [0, 0.1) is 6.92 Å². The molecule has 3 rings (SSSR count). The molecule has 0 aliphatic carbocycles. The third kappa shape index (κ3) is 2.85. The number of aryl methyl sites for hydroxylation is 1. The molecule has 8 heteroatoms. The number of hydrogen-bond acceptors (Lipinski definition) is 5. The second-order valence-corrected chi connectivity index (χ2v) is 5.68. The Kier molecular flexibility index (Phi) is 4.02. The van der Waals surface area contributed by atoms with E-state index < -0.39 is 28.8 Å². The number of pyridine rings is 1. The lowest BCUT2D eigenvalue weighted by molar-refractivity contribution is 0.0646. The predicted octanol–water partition coefficient (Wildman–Crippen LogP) is 3.21. The Balaban J connectivity index is 2.38. The molecule has 0 unspecified atom stereocenters. The minimum Gasteiger partial charge on any atom is -0.478 e. The lowest BCUT2D eigenvalue weighted by atomic mass is 9.99. The Bertz CT molecular complexity index is 1080. The van der Waals surface area contributed by atoms with Gasteiger partial charge in [-0.1, -0.05) is 23.7 Å². The summed E-state index contributed by atoms with van der Waals surface area (Å²) in [6.07, 6.45) is 0. The largest absolute Gasteiger partial charge is 0.478 e. The van der Waals surface area contributed by atoms with E-state index in [-0.39, 0.29) is 16.7 Å². The molecule has 25 heavy (non-hydrogen) atoms. The number of nitrogens with zero attached hydrogens (tertiary/aromatic N) is 1. The Morgan fingerprint density at radius 3 is 2.32 bits per heavy atom. The van der Waals surface area contributed by atoms with Crippen LogP contribution in [0.4, 0.5) is 0 Å². The van der Waals surface area contributed by atoms with Gasteiger partial charge in [-0.25, -0.2) is 19.4 Å². The van der Waals surface area contributed by atoms with Crippen LogP contribution in [0.1, 0.15) is 26.4 Å². The standard InChI is InChI=1S/C17H10ClNO6/c1-7-10-6-11(15(20)21)13(16(22)23)19-14(10)25-17(24)12(7)8-2-4-9(18)5-3-8/h2-6H,1H3,(H,20,21)(H,22,23). The van der Waals surface area contributed by atoms with E-state index >= 15 is 0 Å². The van der Waals surface area contributed by atoms with E-state index in [1.165, 1.54) is 0 Å². The number of carboxylic acid groups (broad SMARTS) is 2. The number of fused-ring (bicyclic) bond motifs is 1. The third-order valence-electron chi connectivity index (χ3n) is 3.73. The molecule has 0 amide bonds. The average Bonchev–Trinajstić information content (AvgIpc) is 2.55. The molecule has 0 radical (unpaired) electrons. The molecule has 0 bridgehead atoms. The molecule has 3 aromatic rings. The van der Waals surface area contributed by atoms with Crippen LogP contribution in [0.2, 0.25) is 5.02 Å². The topological polar surface area (TPSA) is 118 Å². The summed E-state index contributed by atoms with van der Waals surface area (Å²) in [4.78, 5) is 38.6. The van der Waals surface area contributed by atoms with Gasteiger partial charge in [-0.05, 0) is 36.2 Å². The van der Waals surface area contributed by atoms with E-state index in [1.54, 1.807) is 31.2 Å². The van der Waals surface area contributed by atoms with Gasteiger partial charge in [0.1, 0.15) is 0 Å². The number of carbonyl (C=O) groups is 2. The normalized spacial score (nSPS) is 10.8. The van der Waals surface area contributed by atoms with Crippen LogP contribution in [-0.2, 0) is 0 Å². The maximum atomic E-state index is 12.3. The first-order valence-corrected chi connectivity index (χ1v) is 7.38. The summed E-state index contributed by atoms with van der Waals surface area (Å²) in [5.41, 5.74) is -0.926. The summed E-state index contributed by atoms with van der Waals surface area (Å²) in [6.45, 7) is 1.61. The van der Waals surface area contributed by atoms with E-state index in [0.29, 0.717) is 16.1 Å². The van der Waals surface area contributed by atoms with Gasteiger partial charge in [0.25, 0.3) is 0 Å². The summed E-state index contributed by atoms with van der Waals surface area (Å²) in [5, 5.41) is 19.1. The van der Waals surface area contributed by atoms with Gasteiger partial charge in [0.15, 0.2) is 5.69 Å². The molecule has 0 atom stereocenters. The van der Waals surface area contributed by atoms with Crippen LogP contribution in [0.5, 0.6) is 0 Å². The van der Waals surface area contributed by atoms with Crippen molar-refractivity contribution >= 4 is 34.6 Å². The zero-order valence-electron chi connectivity index (χ0n) is 12.7. The van der Waals surface area contributed by atoms with Crippen molar-refractivity contribution in [2.24, 2.45) is 0 Å². The Morgan fingerprint density at radius 2 is 1.76 bits per heavy atom. The molecule has 0 saturated heterocycles. The zero-order chi connectivity index (χ0) is 18.3. The first-order valence-electron chi connectivity index (χ1n) is 7.00. The second-order valence-electron chi connectivity index (χ2n) is 5.24. The number of rotatable bonds is 3. The molecule has 0 spiro atoms. The van der Waals surface area contributed by atoms with Crippen LogP contribution >= 0.6 is 11.6 Å². The van der Waals surface area contributed by atoms with Crippen LogP contribution in [0.3, 0.4) is 0 Å². The highest BCUT2D eigenvalue weighted by Crippen LogP contribution is 2.28. The summed E-state index contributed by atoms with van der Waals surface area (Å²) >= 11 is 5.84. The average molecular weight is 360 g/mol. The first kappa shape index (κ1) is 16.7. The molecule has 2 heterocycles. The van der Waals surface area contributed by atoms with Crippen molar-refractivity contribution in [3.05, 3.63) is 62.6 Å². The second kappa shape index (κ2) is 6.03. The number of carboxylic acids is 2. The van der Waals surface area contributed by atoms with Crippen molar-refractivity contribution in [3.8, 4) is 11.1 Å². The first-order chi connectivity index (χ1) is 11.8. The van der Waals surface area contributed by atoms with E-state index in [4.69, 9.17) is 21.1 Å². The highest BCUT2D eigenvalue weighted by atomic mass is 35.5. The number of aromatic nitrogens is 1. The van der Waals surface area contributed by atoms with Crippen LogP contribution in [0.25, 0.3) is 22.2 Å². The number of benzene rings is 1. The predicted molar refractivity (Wildman–Crippen MR) is 89.4 cm³/mol. The minimum atomic E-state index is -1.53. The Morgan fingerprint density at radius 1 is 1.12 bits per heavy atom. The van der Waals surface area contributed by atoms with Crippen molar-refractivity contribution in [2.75, 3.05) is 0 Å². The molecular formula is C17H10ClNO6. The molecule has 126 valence electrons.